The molecule has 1 aliphatic heterocycles. The zero-order chi connectivity index (χ0) is 14.3. The Morgan fingerprint density at radius 2 is 2.16 bits per heavy atom. The Bertz CT molecular complexity index is 592. The molecular weight excluding hydrogens is 288 g/mol. The topological polar surface area (TPSA) is 70.2 Å². The van der Waals surface area contributed by atoms with Gasteiger partial charge >= 0.3 is 0 Å². The molecule has 0 spiro atoms. The normalized spacial score (nSPS) is 19.4. The number of hydrogen-bond donors (Lipinski definition) is 1. The fourth-order valence-electron chi connectivity index (χ4n) is 2.41. The number of nitrogens with zero attached hydrogens (tertiary/aromatic N) is 1. The van der Waals surface area contributed by atoms with Gasteiger partial charge in [0.15, 0.2) is 0 Å². The van der Waals surface area contributed by atoms with Gasteiger partial charge in [0.1, 0.15) is 10.6 Å². The fourth-order valence-corrected chi connectivity index (χ4v) is 3.13. The van der Waals surface area contributed by atoms with Gasteiger partial charge in [-0.3, -0.25) is 4.79 Å². The number of aromatic amines is 1. The zero-order valence-corrected chi connectivity index (χ0v) is 12.5. The Balaban J connectivity index is 2.18. The number of likely N-dealkylation sites (tertiary alicyclic amines) is 1. The van der Waals surface area contributed by atoms with Crippen molar-refractivity contribution in [2.75, 3.05) is 13.1 Å². The summed E-state index contributed by atoms with van der Waals surface area (Å²) in [7, 11) is 1.44. The molecule has 1 saturated heterocycles. The Labute approximate surface area is 117 Å². The molecule has 0 aliphatic carbocycles. The summed E-state index contributed by atoms with van der Waals surface area (Å²) in [5.41, 5.74) is 0.360. The highest BCUT2D eigenvalue weighted by molar-refractivity contribution is 8.13. The Morgan fingerprint density at radius 1 is 1.47 bits per heavy atom. The minimum atomic E-state index is -3.80. The number of rotatable bonds is 2. The van der Waals surface area contributed by atoms with Gasteiger partial charge in [0, 0.05) is 30.0 Å². The first kappa shape index (κ1) is 14.4. The van der Waals surface area contributed by atoms with Gasteiger partial charge in [0.25, 0.3) is 15.0 Å². The third-order valence-corrected chi connectivity index (χ3v) is 4.69. The van der Waals surface area contributed by atoms with E-state index >= 15 is 0 Å². The SMILES string of the molecule is CC1(C)CCCN(C(=O)c2cc(S(=O)(=O)Cl)c[nH]2)C1. The number of piperidine rings is 1. The molecule has 0 atom stereocenters. The van der Waals surface area contributed by atoms with E-state index in [-0.39, 0.29) is 21.9 Å². The number of carbonyl (C=O) groups excluding carboxylic acids is 1. The number of amides is 1. The van der Waals surface area contributed by atoms with Gasteiger partial charge in [-0.15, -0.1) is 0 Å². The van der Waals surface area contributed by atoms with E-state index in [4.69, 9.17) is 10.7 Å². The third kappa shape index (κ3) is 3.30. The number of halogens is 1. The first-order valence-corrected chi connectivity index (χ1v) is 8.42. The van der Waals surface area contributed by atoms with E-state index in [0.717, 1.165) is 12.8 Å². The van der Waals surface area contributed by atoms with E-state index in [1.807, 2.05) is 0 Å². The second kappa shape index (κ2) is 4.83. The van der Waals surface area contributed by atoms with Crippen molar-refractivity contribution >= 4 is 25.6 Å². The van der Waals surface area contributed by atoms with Crippen LogP contribution >= 0.6 is 10.7 Å². The van der Waals surface area contributed by atoms with Crippen LogP contribution in [0.15, 0.2) is 17.2 Å². The average Bonchev–Trinajstić information content (AvgIpc) is 2.75. The predicted molar refractivity (Wildman–Crippen MR) is 72.8 cm³/mol. The van der Waals surface area contributed by atoms with Crippen LogP contribution in [-0.4, -0.2) is 37.3 Å². The molecule has 106 valence electrons. The molecule has 0 bridgehead atoms. The number of H-pyrrole nitrogens is 1. The summed E-state index contributed by atoms with van der Waals surface area (Å²) in [4.78, 5) is 16.6. The molecule has 2 heterocycles. The minimum absolute atomic E-state index is 0.0752. The molecule has 1 aromatic heterocycles. The molecule has 0 radical (unpaired) electrons. The summed E-state index contributed by atoms with van der Waals surface area (Å²) in [5.74, 6) is -0.181. The quantitative estimate of drug-likeness (QED) is 0.852. The second-order valence-electron chi connectivity index (χ2n) is 5.68. The average molecular weight is 305 g/mol. The summed E-state index contributed by atoms with van der Waals surface area (Å²) in [6.07, 6.45) is 3.29. The van der Waals surface area contributed by atoms with Crippen molar-refractivity contribution in [3.8, 4) is 0 Å². The van der Waals surface area contributed by atoms with E-state index in [1.54, 1.807) is 4.90 Å². The standard InChI is InChI=1S/C12H17ClN2O3S/c1-12(2)4-3-5-15(8-12)11(16)10-6-9(7-14-10)19(13,17)18/h6-7,14H,3-5,8H2,1-2H3. The summed E-state index contributed by atoms with van der Waals surface area (Å²) in [6.45, 7) is 5.61. The van der Waals surface area contributed by atoms with Crippen molar-refractivity contribution in [2.45, 2.75) is 31.6 Å². The number of hydrogen-bond acceptors (Lipinski definition) is 3. The maximum absolute atomic E-state index is 12.3. The Morgan fingerprint density at radius 3 is 2.68 bits per heavy atom. The van der Waals surface area contributed by atoms with Crippen molar-refractivity contribution in [1.82, 2.24) is 9.88 Å². The van der Waals surface area contributed by atoms with Crippen molar-refractivity contribution in [2.24, 2.45) is 5.41 Å². The minimum Gasteiger partial charge on any atom is -0.356 e. The largest absolute Gasteiger partial charge is 0.356 e. The fraction of sp³-hybridized carbons (Fsp3) is 0.583. The van der Waals surface area contributed by atoms with Gasteiger partial charge in [-0.05, 0) is 24.3 Å². The molecule has 1 amide bonds. The van der Waals surface area contributed by atoms with E-state index in [2.05, 4.69) is 18.8 Å². The van der Waals surface area contributed by atoms with Crippen molar-refractivity contribution in [1.29, 1.82) is 0 Å². The van der Waals surface area contributed by atoms with Gasteiger partial charge in [-0.25, -0.2) is 8.42 Å². The van der Waals surface area contributed by atoms with Gasteiger partial charge < -0.3 is 9.88 Å². The molecular formula is C12H17ClN2O3S. The number of nitrogens with one attached hydrogen (secondary N) is 1. The molecule has 1 aromatic rings. The first-order valence-electron chi connectivity index (χ1n) is 6.11. The van der Waals surface area contributed by atoms with Crippen LogP contribution in [0.5, 0.6) is 0 Å². The highest BCUT2D eigenvalue weighted by Gasteiger charge is 2.30. The number of aromatic nitrogens is 1. The molecule has 19 heavy (non-hydrogen) atoms. The highest BCUT2D eigenvalue weighted by atomic mass is 35.7. The molecule has 7 heteroatoms. The van der Waals surface area contributed by atoms with Gasteiger partial charge in [0.2, 0.25) is 0 Å². The number of carbonyl (C=O) groups is 1. The van der Waals surface area contributed by atoms with Crippen LogP contribution in [-0.2, 0) is 9.05 Å². The van der Waals surface area contributed by atoms with E-state index in [1.165, 1.54) is 12.3 Å². The lowest BCUT2D eigenvalue weighted by Crippen LogP contribution is -2.43. The lowest BCUT2D eigenvalue weighted by Gasteiger charge is -2.37. The van der Waals surface area contributed by atoms with E-state index < -0.39 is 9.05 Å². The van der Waals surface area contributed by atoms with Gasteiger partial charge in [-0.1, -0.05) is 13.8 Å². The predicted octanol–water partition coefficient (Wildman–Crippen LogP) is 2.20. The van der Waals surface area contributed by atoms with Crippen molar-refractivity contribution in [3.63, 3.8) is 0 Å². The van der Waals surface area contributed by atoms with Crippen LogP contribution in [0.25, 0.3) is 0 Å². The Hall–Kier alpha value is -1.01. The lowest BCUT2D eigenvalue weighted by molar-refractivity contribution is 0.0578. The van der Waals surface area contributed by atoms with Crippen LogP contribution in [0, 0.1) is 5.41 Å². The van der Waals surface area contributed by atoms with Crippen LogP contribution < -0.4 is 0 Å². The van der Waals surface area contributed by atoms with E-state index in [0.29, 0.717) is 13.1 Å². The maximum Gasteiger partial charge on any atom is 0.270 e. The summed E-state index contributed by atoms with van der Waals surface area (Å²) < 4.78 is 22.3. The van der Waals surface area contributed by atoms with Crippen LogP contribution in [0.2, 0.25) is 0 Å². The van der Waals surface area contributed by atoms with Crippen molar-refractivity contribution in [3.05, 3.63) is 18.0 Å². The van der Waals surface area contributed by atoms with Crippen LogP contribution in [0.1, 0.15) is 37.2 Å². The monoisotopic (exact) mass is 304 g/mol. The summed E-state index contributed by atoms with van der Waals surface area (Å²) in [5, 5.41) is 0. The molecule has 0 aromatic carbocycles. The molecule has 0 saturated carbocycles. The third-order valence-electron chi connectivity index (χ3n) is 3.36. The molecule has 0 unspecified atom stereocenters. The van der Waals surface area contributed by atoms with E-state index in [9.17, 15) is 13.2 Å². The molecule has 1 N–H and O–H groups in total. The zero-order valence-electron chi connectivity index (χ0n) is 10.9. The molecule has 1 fully saturated rings. The van der Waals surface area contributed by atoms with Crippen molar-refractivity contribution < 1.29 is 13.2 Å². The summed E-state index contributed by atoms with van der Waals surface area (Å²) >= 11 is 0. The smallest absolute Gasteiger partial charge is 0.270 e. The van der Waals surface area contributed by atoms with Gasteiger partial charge in [-0.2, -0.15) is 0 Å². The first-order chi connectivity index (χ1) is 8.69. The molecule has 5 nitrogen and oxygen atoms in total. The van der Waals surface area contributed by atoms with Gasteiger partial charge in [0.05, 0.1) is 0 Å². The Kier molecular flexibility index (Phi) is 3.66. The second-order valence-corrected chi connectivity index (χ2v) is 8.25. The van der Waals surface area contributed by atoms with Crippen LogP contribution in [0.3, 0.4) is 0 Å². The summed E-state index contributed by atoms with van der Waals surface area (Å²) in [6, 6.07) is 1.28. The van der Waals surface area contributed by atoms with Crippen LogP contribution in [0.4, 0.5) is 0 Å². The maximum atomic E-state index is 12.3. The lowest BCUT2D eigenvalue weighted by atomic mass is 9.84. The highest BCUT2D eigenvalue weighted by Crippen LogP contribution is 2.29. The molecule has 1 aliphatic rings. The molecule has 2 rings (SSSR count).